The van der Waals surface area contributed by atoms with Crippen molar-refractivity contribution in [2.24, 2.45) is 0 Å². The molecule has 0 bridgehead atoms. The summed E-state index contributed by atoms with van der Waals surface area (Å²) in [4.78, 5) is 27.2. The molecule has 0 saturated carbocycles. The molecule has 0 unspecified atom stereocenters. The molecule has 2 aliphatic rings. The van der Waals surface area contributed by atoms with Crippen LogP contribution in [0, 0.1) is 0 Å². The number of hydrogen-bond donors (Lipinski definition) is 0. The number of amides is 1. The molecule has 4 rings (SSSR count). The zero-order chi connectivity index (χ0) is 20.9. The van der Waals surface area contributed by atoms with E-state index in [0.29, 0.717) is 26.2 Å². The van der Waals surface area contributed by atoms with Crippen LogP contribution in [0.15, 0.2) is 29.1 Å². The Morgan fingerprint density at radius 1 is 1.10 bits per heavy atom. The molecule has 1 saturated heterocycles. The van der Waals surface area contributed by atoms with Gasteiger partial charge in [-0.15, -0.1) is 0 Å². The first kappa shape index (κ1) is 20.5. The lowest BCUT2D eigenvalue weighted by Gasteiger charge is -2.32. The number of hydrogen-bond acceptors (Lipinski definition) is 5. The van der Waals surface area contributed by atoms with Gasteiger partial charge in [0.15, 0.2) is 11.5 Å². The molecule has 1 fully saturated rings. The molecule has 8 heteroatoms. The molecule has 3 heterocycles. The third-order valence-electron chi connectivity index (χ3n) is 5.80. The first-order chi connectivity index (χ1) is 14.7. The molecular weight excluding hydrogens is 384 g/mol. The van der Waals surface area contributed by atoms with Crippen LogP contribution in [0.3, 0.4) is 0 Å². The fourth-order valence-electron chi connectivity index (χ4n) is 4.18. The summed E-state index contributed by atoms with van der Waals surface area (Å²) < 4.78 is 14.8. The summed E-state index contributed by atoms with van der Waals surface area (Å²) in [6.07, 6.45) is 5.51. The second-order valence-corrected chi connectivity index (χ2v) is 7.90. The monoisotopic (exact) mass is 414 g/mol. The lowest BCUT2D eigenvalue weighted by Crippen LogP contribution is -2.44. The molecule has 1 aromatic heterocycles. The van der Waals surface area contributed by atoms with E-state index in [4.69, 9.17) is 9.47 Å². The number of carbonyl (C=O) groups excluding carboxylic acids is 1. The number of likely N-dealkylation sites (tertiary alicyclic amines) is 1. The summed E-state index contributed by atoms with van der Waals surface area (Å²) in [5, 5.41) is 4.42. The Balaban J connectivity index is 1.32. The number of rotatable bonds is 6. The average molecular weight is 415 g/mol. The summed E-state index contributed by atoms with van der Waals surface area (Å²) in [7, 11) is 0. The Bertz CT molecular complexity index is 927. The SMILES string of the molecule is CCOc1ccccc1OC1CCN(C(=O)Cn2nc3n(c2=O)CCCCC3)CC1. The van der Waals surface area contributed by atoms with Crippen LogP contribution in [0.1, 0.15) is 44.9 Å². The molecule has 1 aromatic carbocycles. The minimum absolute atomic E-state index is 0.0114. The van der Waals surface area contributed by atoms with E-state index >= 15 is 0 Å². The Labute approximate surface area is 176 Å². The molecule has 0 aliphatic carbocycles. The van der Waals surface area contributed by atoms with E-state index in [1.54, 1.807) is 4.57 Å². The number of benzene rings is 1. The summed E-state index contributed by atoms with van der Waals surface area (Å²) >= 11 is 0. The molecule has 0 atom stereocenters. The van der Waals surface area contributed by atoms with Crippen LogP contribution in [-0.2, 0) is 24.3 Å². The average Bonchev–Trinajstić information content (AvgIpc) is 2.92. The maximum Gasteiger partial charge on any atom is 0.346 e. The summed E-state index contributed by atoms with van der Waals surface area (Å²) in [5.74, 6) is 2.25. The smallest absolute Gasteiger partial charge is 0.346 e. The van der Waals surface area contributed by atoms with Gasteiger partial charge < -0.3 is 14.4 Å². The quantitative estimate of drug-likeness (QED) is 0.724. The predicted octanol–water partition coefficient (Wildman–Crippen LogP) is 2.24. The van der Waals surface area contributed by atoms with Crippen molar-refractivity contribution in [2.45, 2.75) is 64.6 Å². The molecule has 2 aromatic rings. The van der Waals surface area contributed by atoms with E-state index in [9.17, 15) is 9.59 Å². The second-order valence-electron chi connectivity index (χ2n) is 7.90. The zero-order valence-electron chi connectivity index (χ0n) is 17.6. The van der Waals surface area contributed by atoms with Gasteiger partial charge >= 0.3 is 5.69 Å². The topological polar surface area (TPSA) is 78.6 Å². The van der Waals surface area contributed by atoms with Crippen molar-refractivity contribution >= 4 is 5.91 Å². The molecule has 0 N–H and O–H groups in total. The van der Waals surface area contributed by atoms with Gasteiger partial charge in [-0.3, -0.25) is 9.36 Å². The number of para-hydroxylation sites is 2. The van der Waals surface area contributed by atoms with Gasteiger partial charge in [0, 0.05) is 38.9 Å². The Kier molecular flexibility index (Phi) is 6.40. The van der Waals surface area contributed by atoms with E-state index in [1.165, 1.54) is 4.68 Å². The number of piperidine rings is 1. The van der Waals surface area contributed by atoms with Gasteiger partial charge in [-0.2, -0.15) is 5.10 Å². The fourth-order valence-corrected chi connectivity index (χ4v) is 4.18. The molecule has 0 spiro atoms. The van der Waals surface area contributed by atoms with Crippen molar-refractivity contribution in [1.29, 1.82) is 0 Å². The van der Waals surface area contributed by atoms with Crippen LogP contribution < -0.4 is 15.2 Å². The van der Waals surface area contributed by atoms with Crippen molar-refractivity contribution < 1.29 is 14.3 Å². The van der Waals surface area contributed by atoms with Crippen LogP contribution >= 0.6 is 0 Å². The van der Waals surface area contributed by atoms with Gasteiger partial charge in [-0.1, -0.05) is 18.6 Å². The van der Waals surface area contributed by atoms with E-state index in [0.717, 1.165) is 55.8 Å². The van der Waals surface area contributed by atoms with Gasteiger partial charge in [0.25, 0.3) is 0 Å². The van der Waals surface area contributed by atoms with Crippen LogP contribution in [0.2, 0.25) is 0 Å². The van der Waals surface area contributed by atoms with Crippen LogP contribution in [0.4, 0.5) is 0 Å². The van der Waals surface area contributed by atoms with E-state index in [2.05, 4.69) is 5.10 Å². The highest BCUT2D eigenvalue weighted by atomic mass is 16.5. The van der Waals surface area contributed by atoms with Crippen molar-refractivity contribution in [2.75, 3.05) is 19.7 Å². The lowest BCUT2D eigenvalue weighted by atomic mass is 10.1. The highest BCUT2D eigenvalue weighted by Gasteiger charge is 2.26. The normalized spacial score (nSPS) is 17.3. The number of fused-ring (bicyclic) bond motifs is 1. The molecule has 1 amide bonds. The third-order valence-corrected chi connectivity index (χ3v) is 5.80. The number of aromatic nitrogens is 3. The van der Waals surface area contributed by atoms with Gasteiger partial charge in [0.05, 0.1) is 6.61 Å². The first-order valence-electron chi connectivity index (χ1n) is 11.0. The van der Waals surface area contributed by atoms with Gasteiger partial charge in [0.2, 0.25) is 5.91 Å². The highest BCUT2D eigenvalue weighted by Crippen LogP contribution is 2.29. The number of nitrogens with zero attached hydrogens (tertiary/aromatic N) is 4. The maximum atomic E-state index is 12.8. The second kappa shape index (κ2) is 9.36. The standard InChI is InChI=1S/C22H30N4O4/c1-2-29-18-8-5-6-9-19(18)30-17-11-14-24(15-12-17)21(27)16-26-22(28)25-13-7-3-4-10-20(25)23-26/h5-6,8-9,17H,2-4,7,10-16H2,1H3. The van der Waals surface area contributed by atoms with E-state index < -0.39 is 0 Å². The van der Waals surface area contributed by atoms with Crippen LogP contribution in [0.25, 0.3) is 0 Å². The van der Waals surface area contributed by atoms with Crippen molar-refractivity contribution in [3.05, 3.63) is 40.6 Å². The molecule has 8 nitrogen and oxygen atoms in total. The molecule has 30 heavy (non-hydrogen) atoms. The minimum atomic E-state index is -0.161. The van der Waals surface area contributed by atoms with Crippen molar-refractivity contribution in [1.82, 2.24) is 19.2 Å². The number of ether oxygens (including phenoxy) is 2. The molecular formula is C22H30N4O4. The van der Waals surface area contributed by atoms with Crippen LogP contribution in [0.5, 0.6) is 11.5 Å². The van der Waals surface area contributed by atoms with Crippen molar-refractivity contribution in [3.8, 4) is 11.5 Å². The Hall–Kier alpha value is -2.77. The van der Waals surface area contributed by atoms with Gasteiger partial charge in [-0.25, -0.2) is 9.48 Å². The fraction of sp³-hybridized carbons (Fsp3) is 0.591. The molecule has 162 valence electrons. The first-order valence-corrected chi connectivity index (χ1v) is 11.0. The number of aryl methyl sites for hydroxylation is 1. The Morgan fingerprint density at radius 2 is 1.87 bits per heavy atom. The summed E-state index contributed by atoms with van der Waals surface area (Å²) in [6, 6.07) is 7.68. The maximum absolute atomic E-state index is 12.8. The molecule has 2 aliphatic heterocycles. The predicted molar refractivity (Wildman–Crippen MR) is 112 cm³/mol. The number of carbonyl (C=O) groups is 1. The lowest BCUT2D eigenvalue weighted by molar-refractivity contribution is -0.133. The van der Waals surface area contributed by atoms with E-state index in [1.807, 2.05) is 36.1 Å². The highest BCUT2D eigenvalue weighted by molar-refractivity contribution is 5.76. The van der Waals surface area contributed by atoms with Gasteiger partial charge in [0.1, 0.15) is 18.5 Å². The summed E-state index contributed by atoms with van der Waals surface area (Å²) in [6.45, 7) is 4.48. The van der Waals surface area contributed by atoms with Gasteiger partial charge in [-0.05, 0) is 31.9 Å². The minimum Gasteiger partial charge on any atom is -0.490 e. The zero-order valence-corrected chi connectivity index (χ0v) is 17.6. The van der Waals surface area contributed by atoms with Crippen molar-refractivity contribution in [3.63, 3.8) is 0 Å². The summed E-state index contributed by atoms with van der Waals surface area (Å²) in [5.41, 5.74) is -0.161. The molecule has 0 radical (unpaired) electrons. The van der Waals surface area contributed by atoms with E-state index in [-0.39, 0.29) is 24.2 Å². The third kappa shape index (κ3) is 4.52. The Morgan fingerprint density at radius 3 is 2.63 bits per heavy atom. The largest absolute Gasteiger partial charge is 0.490 e. The van der Waals surface area contributed by atoms with Crippen LogP contribution in [-0.4, -0.2) is 51.0 Å².